The van der Waals surface area contributed by atoms with Crippen LogP contribution in [-0.4, -0.2) is 25.0 Å². The van der Waals surface area contributed by atoms with Crippen molar-refractivity contribution in [2.24, 2.45) is 11.8 Å². The van der Waals surface area contributed by atoms with Gasteiger partial charge < -0.3 is 14.3 Å². The predicted molar refractivity (Wildman–Crippen MR) is 172 cm³/mol. The zero-order valence-corrected chi connectivity index (χ0v) is 25.2. The molecule has 0 saturated carbocycles. The van der Waals surface area contributed by atoms with Crippen molar-refractivity contribution in [2.45, 2.75) is 79.3 Å². The fraction of sp³-hybridized carbons (Fsp3) is 0.400. The number of hydrogen-bond donors (Lipinski definition) is 0. The monoisotopic (exact) mass is 574 g/mol. The van der Waals surface area contributed by atoms with Crippen LogP contribution in [0.4, 0.5) is 8.78 Å². The maximum atomic E-state index is 12.9. The van der Waals surface area contributed by atoms with E-state index in [1.807, 2.05) is 25.9 Å². The number of aldehydes is 1. The molecular formula is C35H52F2O4. The fourth-order valence-electron chi connectivity index (χ4n) is 4.12. The summed E-state index contributed by atoms with van der Waals surface area (Å²) in [4.78, 5) is 29.4. The molecule has 2 aromatic rings. The number of halogens is 2. The molecule has 0 radical (unpaired) electrons. The Balaban J connectivity index is -0.000000317. The summed E-state index contributed by atoms with van der Waals surface area (Å²) in [5.74, 6) is 0.807. The number of carbonyl (C=O) groups is 3. The Hall–Kier alpha value is -3.67. The Kier molecular flexibility index (Phi) is 19.2. The molecule has 1 aliphatic carbocycles. The maximum Gasteiger partial charge on any atom is 0.397 e. The number of ether oxygens (including phenoxy) is 1. The zero-order valence-electron chi connectivity index (χ0n) is 25.2. The average Bonchev–Trinajstić information content (AvgIpc) is 3.50. The number of allylic oxidation sites excluding steroid dienone is 4. The van der Waals surface area contributed by atoms with Crippen molar-refractivity contribution in [3.63, 3.8) is 0 Å². The molecule has 2 aromatic carbocycles. The van der Waals surface area contributed by atoms with Crippen molar-refractivity contribution in [2.75, 3.05) is 0 Å². The molecule has 1 aliphatic rings. The Morgan fingerprint density at radius 2 is 1.83 bits per heavy atom. The van der Waals surface area contributed by atoms with Gasteiger partial charge in [0.15, 0.2) is 0 Å². The molecule has 41 heavy (non-hydrogen) atoms. The summed E-state index contributed by atoms with van der Waals surface area (Å²) in [5.41, 5.74) is 4.55. The van der Waals surface area contributed by atoms with Gasteiger partial charge in [-0.3, -0.25) is 4.79 Å². The minimum Gasteiger partial charge on any atom is -0.433 e. The SMILES string of the molecule is C=CC(C(=O)Cc1ccc(C)c(/C=C\CC)c1)C1C=CCC1.C=O.CC=O.CCc1cccc(OC(F)(F)CC)c1.[HH].[HH].[HH]. The molecule has 230 valence electrons. The molecule has 4 nitrogen and oxygen atoms in total. The van der Waals surface area contributed by atoms with Gasteiger partial charge in [0.1, 0.15) is 24.6 Å². The van der Waals surface area contributed by atoms with E-state index in [1.54, 1.807) is 18.2 Å². The lowest BCUT2D eigenvalue weighted by atomic mass is 9.85. The number of aryl methyl sites for hydroxylation is 2. The third-order valence-electron chi connectivity index (χ3n) is 6.38. The molecule has 3 rings (SSSR count). The lowest BCUT2D eigenvalue weighted by molar-refractivity contribution is -0.177. The highest BCUT2D eigenvalue weighted by molar-refractivity contribution is 5.85. The van der Waals surface area contributed by atoms with Gasteiger partial charge in [0.25, 0.3) is 0 Å². The number of hydrogen-bond acceptors (Lipinski definition) is 4. The van der Waals surface area contributed by atoms with Gasteiger partial charge in [0.05, 0.1) is 0 Å². The van der Waals surface area contributed by atoms with E-state index in [9.17, 15) is 13.6 Å². The highest BCUT2D eigenvalue weighted by Gasteiger charge is 2.28. The lowest BCUT2D eigenvalue weighted by Gasteiger charge is -2.17. The van der Waals surface area contributed by atoms with Crippen molar-refractivity contribution < 1.29 is 32.2 Å². The molecule has 0 aromatic heterocycles. The second kappa shape index (κ2) is 21.1. The Bertz CT molecular complexity index is 1140. The van der Waals surface area contributed by atoms with E-state index in [-0.39, 0.29) is 28.2 Å². The van der Waals surface area contributed by atoms with Crippen LogP contribution >= 0.6 is 0 Å². The molecule has 2 unspecified atom stereocenters. The van der Waals surface area contributed by atoms with Crippen LogP contribution in [0.15, 0.2) is 73.3 Å². The van der Waals surface area contributed by atoms with Crippen molar-refractivity contribution in [3.8, 4) is 5.75 Å². The van der Waals surface area contributed by atoms with Crippen molar-refractivity contribution in [3.05, 3.63) is 95.6 Å². The number of carbonyl (C=O) groups excluding carboxylic acids is 3. The Morgan fingerprint density at radius 1 is 1.15 bits per heavy atom. The summed E-state index contributed by atoms with van der Waals surface area (Å²) >= 11 is 0. The van der Waals surface area contributed by atoms with E-state index in [0.29, 0.717) is 12.3 Å². The Morgan fingerprint density at radius 3 is 2.37 bits per heavy atom. The van der Waals surface area contributed by atoms with Gasteiger partial charge in [-0.15, -0.1) is 6.58 Å². The van der Waals surface area contributed by atoms with E-state index in [1.165, 1.54) is 25.0 Å². The van der Waals surface area contributed by atoms with Crippen LogP contribution < -0.4 is 4.74 Å². The minimum absolute atomic E-state index is 0. The maximum absolute atomic E-state index is 12.9. The fourth-order valence-corrected chi connectivity index (χ4v) is 4.12. The molecule has 0 bridgehead atoms. The molecular weight excluding hydrogens is 522 g/mol. The van der Waals surface area contributed by atoms with E-state index < -0.39 is 6.11 Å². The van der Waals surface area contributed by atoms with Crippen molar-refractivity contribution in [1.82, 2.24) is 0 Å². The molecule has 0 aliphatic heterocycles. The number of benzene rings is 2. The van der Waals surface area contributed by atoms with Crippen LogP contribution in [0.3, 0.4) is 0 Å². The topological polar surface area (TPSA) is 60.4 Å². The van der Waals surface area contributed by atoms with Gasteiger partial charge >= 0.3 is 6.11 Å². The minimum atomic E-state index is -3.06. The van der Waals surface area contributed by atoms with Gasteiger partial charge in [-0.1, -0.05) is 81.5 Å². The van der Waals surface area contributed by atoms with Gasteiger partial charge in [0, 0.05) is 23.0 Å². The van der Waals surface area contributed by atoms with Crippen LogP contribution in [0.1, 0.15) is 79.9 Å². The molecule has 2 atom stereocenters. The largest absolute Gasteiger partial charge is 0.433 e. The normalized spacial score (nSPS) is 14.4. The second-order valence-corrected chi connectivity index (χ2v) is 9.41. The molecule has 0 heterocycles. The molecule has 6 heteroatoms. The van der Waals surface area contributed by atoms with Crippen LogP contribution in [-0.2, 0) is 27.2 Å². The number of alkyl halides is 2. The lowest BCUT2D eigenvalue weighted by Crippen LogP contribution is -2.23. The molecule has 0 spiro atoms. The summed E-state index contributed by atoms with van der Waals surface area (Å²) in [6.07, 6.45) is 12.3. The Labute approximate surface area is 249 Å². The van der Waals surface area contributed by atoms with E-state index in [2.05, 4.69) is 67.7 Å². The van der Waals surface area contributed by atoms with Gasteiger partial charge in [-0.05, 0) is 79.8 Å². The third-order valence-corrected chi connectivity index (χ3v) is 6.38. The second-order valence-electron chi connectivity index (χ2n) is 9.41. The first-order valence-electron chi connectivity index (χ1n) is 14.1. The molecule has 0 saturated heterocycles. The van der Waals surface area contributed by atoms with Crippen LogP contribution in [0.25, 0.3) is 6.08 Å². The van der Waals surface area contributed by atoms with Crippen LogP contribution in [0, 0.1) is 18.8 Å². The van der Waals surface area contributed by atoms with Crippen molar-refractivity contribution in [1.29, 1.82) is 0 Å². The van der Waals surface area contributed by atoms with E-state index in [4.69, 9.17) is 9.59 Å². The highest BCUT2D eigenvalue weighted by Crippen LogP contribution is 2.28. The highest BCUT2D eigenvalue weighted by atomic mass is 19.3. The first-order chi connectivity index (χ1) is 19.6. The summed E-state index contributed by atoms with van der Waals surface area (Å²) in [7, 11) is 0. The van der Waals surface area contributed by atoms with Gasteiger partial charge in [0.2, 0.25) is 0 Å². The first kappa shape index (κ1) is 37.3. The molecule has 0 amide bonds. The standard InChI is InChI=1S/C21H26O.C11H14F2O.C2H4O.CH2O.3H2/c1-4-6-9-19-14-17(13-12-16(19)3)15-21(22)20(5-2)18-10-7-8-11-18;1-3-9-6-5-7-10(8-9)14-11(12,13)4-2;1-2-3;1-2;;;/h5-7,9-10,12-14,18,20H,2,4,8,11,15H2,1,3H3;5-8H,3-4H2,1-2H3;2H,1H3;1H2;3*1H/b9-6-;;;;;;. The summed E-state index contributed by atoms with van der Waals surface area (Å²) in [6, 6.07) is 13.1. The summed E-state index contributed by atoms with van der Waals surface area (Å²) in [5, 5.41) is 0. The molecule has 0 N–H and O–H groups in total. The van der Waals surface area contributed by atoms with E-state index in [0.717, 1.165) is 43.1 Å². The summed E-state index contributed by atoms with van der Waals surface area (Å²) in [6.45, 7) is 14.9. The summed E-state index contributed by atoms with van der Waals surface area (Å²) < 4.78 is 30.3. The van der Waals surface area contributed by atoms with Crippen LogP contribution in [0.2, 0.25) is 0 Å². The van der Waals surface area contributed by atoms with Gasteiger partial charge in [-0.2, -0.15) is 8.78 Å². The third kappa shape index (κ3) is 14.5. The molecule has 0 fully saturated rings. The number of Topliss-reactive ketones (excluding diaryl/α,β-unsaturated/α-hetero) is 1. The number of ketones is 1. The number of rotatable bonds is 11. The smallest absolute Gasteiger partial charge is 0.397 e. The average molecular weight is 575 g/mol. The quantitative estimate of drug-likeness (QED) is 0.198. The first-order valence-corrected chi connectivity index (χ1v) is 14.1. The van der Waals surface area contributed by atoms with Crippen LogP contribution in [0.5, 0.6) is 5.75 Å². The van der Waals surface area contributed by atoms with Crippen molar-refractivity contribution >= 4 is 24.9 Å². The van der Waals surface area contributed by atoms with Gasteiger partial charge in [-0.25, -0.2) is 0 Å². The van der Waals surface area contributed by atoms with E-state index >= 15 is 0 Å². The zero-order chi connectivity index (χ0) is 31.3. The predicted octanol–water partition coefficient (Wildman–Crippen LogP) is 9.69.